The molecule has 0 radical (unpaired) electrons. The van der Waals surface area contributed by atoms with E-state index in [1.807, 2.05) is 30.9 Å². The fraction of sp³-hybridized carbons (Fsp3) is 0.200. The highest BCUT2D eigenvalue weighted by Gasteiger charge is 2.11. The van der Waals surface area contributed by atoms with Crippen LogP contribution in [0.3, 0.4) is 0 Å². The number of rotatable bonds is 1. The average Bonchev–Trinajstić information content (AvgIpc) is 2.91. The molecule has 0 bridgehead atoms. The molecule has 4 heteroatoms. The van der Waals surface area contributed by atoms with Crippen molar-refractivity contribution in [2.24, 2.45) is 0 Å². The number of aromatic nitrogens is 3. The van der Waals surface area contributed by atoms with E-state index in [1.165, 1.54) is 23.1 Å². The molecule has 3 aromatic heterocycles. The lowest BCUT2D eigenvalue weighted by atomic mass is 10.1. The minimum atomic E-state index is 0.941. The summed E-state index contributed by atoms with van der Waals surface area (Å²) in [7, 11) is 0. The summed E-state index contributed by atoms with van der Waals surface area (Å²) in [6.45, 7) is 1.05. The zero-order valence-electron chi connectivity index (χ0n) is 10.5. The number of hydrogen-bond donors (Lipinski definition) is 1. The molecule has 0 spiro atoms. The fourth-order valence-electron chi connectivity index (χ4n) is 2.64. The number of pyridine rings is 2. The maximum absolute atomic E-state index is 4.58. The van der Waals surface area contributed by atoms with E-state index in [-0.39, 0.29) is 0 Å². The Morgan fingerprint density at radius 3 is 3.21 bits per heavy atom. The Kier molecular flexibility index (Phi) is 2.27. The highest BCUT2D eigenvalue weighted by Crippen LogP contribution is 2.25. The van der Waals surface area contributed by atoms with E-state index in [2.05, 4.69) is 32.0 Å². The second-order valence-corrected chi connectivity index (χ2v) is 4.85. The minimum absolute atomic E-state index is 0.941. The van der Waals surface area contributed by atoms with Gasteiger partial charge >= 0.3 is 0 Å². The Morgan fingerprint density at radius 2 is 2.21 bits per heavy atom. The van der Waals surface area contributed by atoms with Crippen LogP contribution in [0.25, 0.3) is 16.7 Å². The van der Waals surface area contributed by atoms with Gasteiger partial charge in [0.25, 0.3) is 0 Å². The molecule has 4 heterocycles. The van der Waals surface area contributed by atoms with E-state index >= 15 is 0 Å². The van der Waals surface area contributed by atoms with Gasteiger partial charge in [0.15, 0.2) is 0 Å². The molecule has 4 nitrogen and oxygen atoms in total. The first kappa shape index (κ1) is 10.6. The summed E-state index contributed by atoms with van der Waals surface area (Å²) in [6, 6.07) is 6.23. The molecule has 0 unspecified atom stereocenters. The smallest absolute Gasteiger partial charge is 0.139 e. The SMILES string of the molecule is c1cc2ccn(-c3cc4c(cn3)CCCN4)c2cn1. The van der Waals surface area contributed by atoms with E-state index in [1.54, 1.807) is 0 Å². The molecule has 1 N–H and O–H groups in total. The lowest BCUT2D eigenvalue weighted by Crippen LogP contribution is -2.12. The van der Waals surface area contributed by atoms with Crippen molar-refractivity contribution < 1.29 is 0 Å². The van der Waals surface area contributed by atoms with Crippen LogP contribution in [-0.2, 0) is 6.42 Å². The van der Waals surface area contributed by atoms with Crippen LogP contribution < -0.4 is 5.32 Å². The molecular weight excluding hydrogens is 236 g/mol. The third kappa shape index (κ3) is 1.68. The molecule has 3 aromatic rings. The Hall–Kier alpha value is -2.36. The lowest BCUT2D eigenvalue weighted by molar-refractivity contribution is 0.821. The van der Waals surface area contributed by atoms with Crippen LogP contribution >= 0.6 is 0 Å². The van der Waals surface area contributed by atoms with Crippen molar-refractivity contribution in [1.82, 2.24) is 14.5 Å². The summed E-state index contributed by atoms with van der Waals surface area (Å²) in [6.07, 6.45) is 10.0. The van der Waals surface area contributed by atoms with Crippen LogP contribution in [0.4, 0.5) is 5.69 Å². The second kappa shape index (κ2) is 4.09. The summed E-state index contributed by atoms with van der Waals surface area (Å²) in [5, 5.41) is 4.63. The Bertz CT molecular complexity index is 745. The van der Waals surface area contributed by atoms with E-state index in [9.17, 15) is 0 Å². The molecular formula is C15H14N4. The monoisotopic (exact) mass is 250 g/mol. The minimum Gasteiger partial charge on any atom is -0.385 e. The third-order valence-corrected chi connectivity index (χ3v) is 3.65. The van der Waals surface area contributed by atoms with Crippen molar-refractivity contribution in [1.29, 1.82) is 0 Å². The molecule has 4 rings (SSSR count). The van der Waals surface area contributed by atoms with Crippen molar-refractivity contribution in [2.75, 3.05) is 11.9 Å². The summed E-state index contributed by atoms with van der Waals surface area (Å²) >= 11 is 0. The van der Waals surface area contributed by atoms with Crippen LogP contribution in [0.15, 0.2) is 43.0 Å². The molecule has 0 saturated carbocycles. The molecule has 0 atom stereocenters. The van der Waals surface area contributed by atoms with Gasteiger partial charge in [-0.25, -0.2) is 4.98 Å². The van der Waals surface area contributed by atoms with Gasteiger partial charge in [0.2, 0.25) is 0 Å². The van der Waals surface area contributed by atoms with Crippen LogP contribution in [0.1, 0.15) is 12.0 Å². The molecule has 94 valence electrons. The van der Waals surface area contributed by atoms with Crippen molar-refractivity contribution in [3.05, 3.63) is 48.5 Å². The van der Waals surface area contributed by atoms with Gasteiger partial charge in [-0.2, -0.15) is 0 Å². The molecule has 1 aliphatic heterocycles. The topological polar surface area (TPSA) is 42.7 Å². The molecule has 0 fully saturated rings. The highest BCUT2D eigenvalue weighted by atomic mass is 15.1. The van der Waals surface area contributed by atoms with Crippen LogP contribution in [0.2, 0.25) is 0 Å². The second-order valence-electron chi connectivity index (χ2n) is 4.85. The van der Waals surface area contributed by atoms with Crippen molar-refractivity contribution in [3.8, 4) is 5.82 Å². The van der Waals surface area contributed by atoms with E-state index in [0.717, 1.165) is 24.3 Å². The van der Waals surface area contributed by atoms with Gasteiger partial charge in [-0.3, -0.25) is 9.55 Å². The first-order valence-corrected chi connectivity index (χ1v) is 6.56. The number of anilines is 1. The Labute approximate surface area is 111 Å². The lowest BCUT2D eigenvalue weighted by Gasteiger charge is -2.18. The molecule has 0 saturated heterocycles. The number of aryl methyl sites for hydroxylation is 1. The van der Waals surface area contributed by atoms with Gasteiger partial charge in [0.05, 0.1) is 11.7 Å². The van der Waals surface area contributed by atoms with Gasteiger partial charge in [0.1, 0.15) is 5.82 Å². The average molecular weight is 250 g/mol. The van der Waals surface area contributed by atoms with Gasteiger partial charge in [-0.05, 0) is 30.5 Å². The maximum Gasteiger partial charge on any atom is 0.139 e. The van der Waals surface area contributed by atoms with E-state index in [0.29, 0.717) is 0 Å². The van der Waals surface area contributed by atoms with Crippen molar-refractivity contribution in [3.63, 3.8) is 0 Å². The van der Waals surface area contributed by atoms with Gasteiger partial charge in [-0.15, -0.1) is 0 Å². The zero-order valence-corrected chi connectivity index (χ0v) is 10.5. The highest BCUT2D eigenvalue weighted by molar-refractivity contribution is 5.80. The fourth-order valence-corrected chi connectivity index (χ4v) is 2.64. The summed E-state index contributed by atoms with van der Waals surface area (Å²) < 4.78 is 2.08. The van der Waals surface area contributed by atoms with Crippen LogP contribution in [-0.4, -0.2) is 21.1 Å². The molecule has 0 aromatic carbocycles. The Balaban J connectivity index is 1.88. The largest absolute Gasteiger partial charge is 0.385 e. The van der Waals surface area contributed by atoms with Crippen molar-refractivity contribution >= 4 is 16.6 Å². The van der Waals surface area contributed by atoms with E-state index < -0.39 is 0 Å². The standard InChI is InChI=1S/C15H14N4/c1-2-12-9-18-15(8-13(12)17-5-1)19-7-4-11-3-6-16-10-14(11)19/h3-4,6-10,17H,1-2,5H2. The quantitative estimate of drug-likeness (QED) is 0.722. The Morgan fingerprint density at radius 1 is 1.21 bits per heavy atom. The number of nitrogens with zero attached hydrogens (tertiary/aromatic N) is 3. The number of hydrogen-bond acceptors (Lipinski definition) is 3. The van der Waals surface area contributed by atoms with Gasteiger partial charge in [0, 0.05) is 42.3 Å². The summed E-state index contributed by atoms with van der Waals surface area (Å²) in [5.41, 5.74) is 3.61. The molecule has 0 aliphatic carbocycles. The first-order chi connectivity index (χ1) is 9.42. The summed E-state index contributed by atoms with van der Waals surface area (Å²) in [5.74, 6) is 0.941. The number of nitrogens with one attached hydrogen (secondary N) is 1. The van der Waals surface area contributed by atoms with Gasteiger partial charge < -0.3 is 5.32 Å². The molecule has 19 heavy (non-hydrogen) atoms. The van der Waals surface area contributed by atoms with Crippen LogP contribution in [0.5, 0.6) is 0 Å². The van der Waals surface area contributed by atoms with Crippen LogP contribution in [0, 0.1) is 0 Å². The summed E-state index contributed by atoms with van der Waals surface area (Å²) in [4.78, 5) is 8.77. The van der Waals surface area contributed by atoms with E-state index in [4.69, 9.17) is 0 Å². The first-order valence-electron chi connectivity index (χ1n) is 6.56. The zero-order chi connectivity index (χ0) is 12.7. The normalized spacial score (nSPS) is 14.1. The van der Waals surface area contributed by atoms with Crippen molar-refractivity contribution in [2.45, 2.75) is 12.8 Å². The maximum atomic E-state index is 4.58. The van der Waals surface area contributed by atoms with Gasteiger partial charge in [-0.1, -0.05) is 0 Å². The third-order valence-electron chi connectivity index (χ3n) is 3.65. The molecule has 0 amide bonds. The number of fused-ring (bicyclic) bond motifs is 2. The molecule has 1 aliphatic rings. The predicted molar refractivity (Wildman–Crippen MR) is 75.7 cm³/mol. The predicted octanol–water partition coefficient (Wildman–Crippen LogP) is 2.78.